The Bertz CT molecular complexity index is 468. The fourth-order valence-corrected chi connectivity index (χ4v) is 3.29. The Balaban J connectivity index is 2.30. The lowest BCUT2D eigenvalue weighted by atomic mass is 9.77. The highest BCUT2D eigenvalue weighted by Crippen LogP contribution is 2.41. The molecule has 0 unspecified atom stereocenters. The predicted molar refractivity (Wildman–Crippen MR) is 79.1 cm³/mol. The second-order valence-electron chi connectivity index (χ2n) is 6.49. The van der Waals surface area contributed by atoms with Crippen molar-refractivity contribution in [3.63, 3.8) is 0 Å². The van der Waals surface area contributed by atoms with Gasteiger partial charge in [0, 0.05) is 12.5 Å². The number of carbonyl (C=O) groups is 1. The topological polar surface area (TPSA) is 46.5 Å². The van der Waals surface area contributed by atoms with Gasteiger partial charge in [-0.2, -0.15) is 0 Å². The summed E-state index contributed by atoms with van der Waals surface area (Å²) in [4.78, 5) is 11.7. The lowest BCUT2D eigenvalue weighted by molar-refractivity contribution is -0.143. The lowest BCUT2D eigenvalue weighted by Gasteiger charge is -2.27. The first-order valence-corrected chi connectivity index (χ1v) is 7.26. The molecule has 1 saturated carbocycles. The van der Waals surface area contributed by atoms with E-state index in [1.54, 1.807) is 7.11 Å². The number of hydrogen-bond acceptors (Lipinski definition) is 2. The second kappa shape index (κ2) is 5.57. The maximum Gasteiger partial charge on any atom is 0.314 e. The fourth-order valence-electron chi connectivity index (χ4n) is 3.29. The molecule has 1 aromatic carbocycles. The molecule has 1 fully saturated rings. The molecule has 1 N–H and O–H groups in total. The van der Waals surface area contributed by atoms with E-state index in [2.05, 4.69) is 26.0 Å². The molecule has 1 aliphatic carbocycles. The van der Waals surface area contributed by atoms with E-state index in [4.69, 9.17) is 4.74 Å². The molecule has 0 aliphatic heterocycles. The predicted octanol–water partition coefficient (Wildman–Crippen LogP) is 3.51. The second-order valence-corrected chi connectivity index (χ2v) is 6.49. The van der Waals surface area contributed by atoms with Crippen LogP contribution in [0.5, 0.6) is 0 Å². The van der Waals surface area contributed by atoms with Gasteiger partial charge in [-0.15, -0.1) is 0 Å². The molecule has 0 aromatic heterocycles. The van der Waals surface area contributed by atoms with Crippen LogP contribution in [0.4, 0.5) is 0 Å². The molecule has 1 aromatic rings. The van der Waals surface area contributed by atoms with Gasteiger partial charge in [-0.05, 0) is 24.0 Å². The third-order valence-electron chi connectivity index (χ3n) is 4.59. The van der Waals surface area contributed by atoms with Crippen molar-refractivity contribution in [2.45, 2.75) is 50.4 Å². The largest absolute Gasteiger partial charge is 0.481 e. The molecule has 3 nitrogen and oxygen atoms in total. The molecule has 0 saturated heterocycles. The van der Waals surface area contributed by atoms with Gasteiger partial charge in [0.1, 0.15) is 0 Å². The fraction of sp³-hybridized carbons (Fsp3) is 0.588. The van der Waals surface area contributed by atoms with E-state index in [9.17, 15) is 9.90 Å². The Hall–Kier alpha value is -1.35. The Morgan fingerprint density at radius 2 is 1.80 bits per heavy atom. The van der Waals surface area contributed by atoms with Crippen LogP contribution in [0.1, 0.15) is 50.7 Å². The number of aliphatic carboxylic acids is 1. The SMILES string of the molecule is COCC(C)(C)c1ccc(C2(C(=O)O)CCCC2)cc1. The molecule has 2 rings (SSSR count). The van der Waals surface area contributed by atoms with E-state index in [1.165, 1.54) is 5.56 Å². The Morgan fingerprint density at radius 1 is 1.25 bits per heavy atom. The van der Waals surface area contributed by atoms with Crippen molar-refractivity contribution in [3.05, 3.63) is 35.4 Å². The number of benzene rings is 1. The van der Waals surface area contributed by atoms with Gasteiger partial charge in [0.15, 0.2) is 0 Å². The molecule has 0 bridgehead atoms. The zero-order chi connectivity index (χ0) is 14.8. The molecule has 0 spiro atoms. The minimum absolute atomic E-state index is 0.0562. The van der Waals surface area contributed by atoms with Crippen LogP contribution in [0.2, 0.25) is 0 Å². The van der Waals surface area contributed by atoms with Gasteiger partial charge < -0.3 is 9.84 Å². The summed E-state index contributed by atoms with van der Waals surface area (Å²) in [6.45, 7) is 4.92. The summed E-state index contributed by atoms with van der Waals surface area (Å²) in [7, 11) is 1.70. The summed E-state index contributed by atoms with van der Waals surface area (Å²) >= 11 is 0. The van der Waals surface area contributed by atoms with Crippen molar-refractivity contribution in [3.8, 4) is 0 Å². The van der Waals surface area contributed by atoms with Crippen LogP contribution in [-0.2, 0) is 20.4 Å². The maximum absolute atomic E-state index is 11.7. The standard InChI is InChI=1S/C17H24O3/c1-16(2,12-20-3)13-6-8-14(9-7-13)17(15(18)19)10-4-5-11-17/h6-9H,4-5,10-12H2,1-3H3,(H,18,19). The molecule has 1 aliphatic rings. The van der Waals surface area contributed by atoms with Crippen LogP contribution in [0.25, 0.3) is 0 Å². The van der Waals surface area contributed by atoms with Crippen LogP contribution >= 0.6 is 0 Å². The minimum Gasteiger partial charge on any atom is -0.481 e. The zero-order valence-electron chi connectivity index (χ0n) is 12.6. The molecular weight excluding hydrogens is 252 g/mol. The van der Waals surface area contributed by atoms with Crippen molar-refractivity contribution < 1.29 is 14.6 Å². The number of rotatable bonds is 5. The van der Waals surface area contributed by atoms with Crippen LogP contribution in [-0.4, -0.2) is 24.8 Å². The number of hydrogen-bond donors (Lipinski definition) is 1. The summed E-state index contributed by atoms with van der Waals surface area (Å²) in [6, 6.07) is 8.09. The first-order chi connectivity index (χ1) is 9.42. The van der Waals surface area contributed by atoms with Gasteiger partial charge in [0.05, 0.1) is 12.0 Å². The molecule has 0 radical (unpaired) electrons. The van der Waals surface area contributed by atoms with Crippen LogP contribution in [0.3, 0.4) is 0 Å². The van der Waals surface area contributed by atoms with Crippen LogP contribution in [0.15, 0.2) is 24.3 Å². The van der Waals surface area contributed by atoms with Crippen molar-refractivity contribution in [1.82, 2.24) is 0 Å². The highest BCUT2D eigenvalue weighted by molar-refractivity contribution is 5.81. The molecule has 20 heavy (non-hydrogen) atoms. The molecule has 3 heteroatoms. The van der Waals surface area contributed by atoms with Crippen molar-refractivity contribution >= 4 is 5.97 Å². The van der Waals surface area contributed by atoms with Crippen molar-refractivity contribution in [2.24, 2.45) is 0 Å². The van der Waals surface area contributed by atoms with Gasteiger partial charge in [0.2, 0.25) is 0 Å². The first kappa shape index (κ1) is 15.0. The summed E-state index contributed by atoms with van der Waals surface area (Å²) in [5.74, 6) is -0.682. The monoisotopic (exact) mass is 276 g/mol. The van der Waals surface area contributed by atoms with E-state index in [0.717, 1.165) is 31.2 Å². The third kappa shape index (κ3) is 2.59. The van der Waals surface area contributed by atoms with Crippen molar-refractivity contribution in [2.75, 3.05) is 13.7 Å². The smallest absolute Gasteiger partial charge is 0.314 e. The van der Waals surface area contributed by atoms with E-state index >= 15 is 0 Å². The summed E-state index contributed by atoms with van der Waals surface area (Å²) in [6.07, 6.45) is 3.51. The third-order valence-corrected chi connectivity index (χ3v) is 4.59. The molecule has 0 heterocycles. The van der Waals surface area contributed by atoms with E-state index < -0.39 is 11.4 Å². The Labute approximate surface area is 121 Å². The maximum atomic E-state index is 11.7. The summed E-state index contributed by atoms with van der Waals surface area (Å²) in [5.41, 5.74) is 1.41. The minimum atomic E-state index is -0.682. The van der Waals surface area contributed by atoms with E-state index in [0.29, 0.717) is 6.61 Å². The number of methoxy groups -OCH3 is 1. The highest BCUT2D eigenvalue weighted by atomic mass is 16.5. The molecule has 0 atom stereocenters. The van der Waals surface area contributed by atoms with Gasteiger partial charge in [0.25, 0.3) is 0 Å². The number of carboxylic acid groups (broad SMARTS) is 1. The summed E-state index contributed by atoms with van der Waals surface area (Å²) in [5, 5.41) is 9.61. The lowest BCUT2D eigenvalue weighted by Crippen LogP contribution is -2.32. The van der Waals surface area contributed by atoms with Crippen molar-refractivity contribution in [1.29, 1.82) is 0 Å². The quantitative estimate of drug-likeness (QED) is 0.895. The van der Waals surface area contributed by atoms with Gasteiger partial charge in [-0.1, -0.05) is 51.0 Å². The van der Waals surface area contributed by atoms with Crippen LogP contribution < -0.4 is 0 Å². The van der Waals surface area contributed by atoms with Gasteiger partial charge >= 0.3 is 5.97 Å². The van der Waals surface area contributed by atoms with Crippen LogP contribution in [0, 0.1) is 0 Å². The van der Waals surface area contributed by atoms with E-state index in [1.807, 2.05) is 12.1 Å². The number of ether oxygens (including phenoxy) is 1. The highest BCUT2D eigenvalue weighted by Gasteiger charge is 2.42. The molecule has 110 valence electrons. The van der Waals surface area contributed by atoms with E-state index in [-0.39, 0.29) is 5.41 Å². The molecular formula is C17H24O3. The average Bonchev–Trinajstić information content (AvgIpc) is 2.89. The van der Waals surface area contributed by atoms with Gasteiger partial charge in [-0.3, -0.25) is 4.79 Å². The Kier molecular flexibility index (Phi) is 4.19. The molecule has 0 amide bonds. The summed E-state index contributed by atoms with van der Waals surface area (Å²) < 4.78 is 5.26. The number of carboxylic acids is 1. The Morgan fingerprint density at radius 3 is 2.25 bits per heavy atom. The zero-order valence-corrected chi connectivity index (χ0v) is 12.6. The first-order valence-electron chi connectivity index (χ1n) is 7.26. The average molecular weight is 276 g/mol. The normalized spacial score (nSPS) is 18.1. The van der Waals surface area contributed by atoms with Gasteiger partial charge in [-0.25, -0.2) is 0 Å².